The van der Waals surface area contributed by atoms with Crippen LogP contribution in [0, 0.1) is 6.92 Å². The molecule has 0 fully saturated rings. The van der Waals surface area contributed by atoms with Crippen LogP contribution in [0.3, 0.4) is 0 Å². The van der Waals surface area contributed by atoms with Crippen molar-refractivity contribution in [3.63, 3.8) is 0 Å². The molecule has 0 radical (unpaired) electrons. The van der Waals surface area contributed by atoms with Gasteiger partial charge in [0.2, 0.25) is 11.8 Å². The van der Waals surface area contributed by atoms with Gasteiger partial charge in [-0.3, -0.25) is 9.78 Å². The quantitative estimate of drug-likeness (QED) is 0.787. The van der Waals surface area contributed by atoms with E-state index in [0.29, 0.717) is 18.2 Å². The molecule has 0 aliphatic carbocycles. The fraction of sp³-hybridized carbons (Fsp3) is 0.167. The van der Waals surface area contributed by atoms with Crippen molar-refractivity contribution < 1.29 is 9.21 Å². The number of aromatic nitrogens is 2. The zero-order chi connectivity index (χ0) is 16.1. The normalized spacial score (nSPS) is 10.5. The highest BCUT2D eigenvalue weighted by molar-refractivity contribution is 5.78. The summed E-state index contributed by atoms with van der Waals surface area (Å²) in [5, 5.41) is 2.87. The summed E-state index contributed by atoms with van der Waals surface area (Å²) in [5.74, 6) is 1.04. The van der Waals surface area contributed by atoms with E-state index >= 15 is 0 Å². The van der Waals surface area contributed by atoms with Crippen molar-refractivity contribution in [2.75, 3.05) is 0 Å². The van der Waals surface area contributed by atoms with Crippen LogP contribution < -0.4 is 5.32 Å². The van der Waals surface area contributed by atoms with Crippen LogP contribution in [-0.4, -0.2) is 15.9 Å². The minimum atomic E-state index is -0.0966. The summed E-state index contributed by atoms with van der Waals surface area (Å²) in [6.07, 6.45) is 3.58. The van der Waals surface area contributed by atoms with Crippen LogP contribution in [0.2, 0.25) is 0 Å². The summed E-state index contributed by atoms with van der Waals surface area (Å²) < 4.78 is 5.74. The molecular formula is C18H17N3O2. The van der Waals surface area contributed by atoms with Crippen LogP contribution in [0.5, 0.6) is 0 Å². The summed E-state index contributed by atoms with van der Waals surface area (Å²) >= 11 is 0. The zero-order valence-corrected chi connectivity index (χ0v) is 12.8. The van der Waals surface area contributed by atoms with Gasteiger partial charge in [-0.05, 0) is 36.8 Å². The first-order chi connectivity index (χ1) is 11.2. The molecule has 0 unspecified atom stereocenters. The number of hydrogen-bond donors (Lipinski definition) is 1. The Morgan fingerprint density at radius 2 is 1.87 bits per heavy atom. The molecule has 5 heteroatoms. The Bertz CT molecular complexity index is 783. The van der Waals surface area contributed by atoms with Crippen molar-refractivity contribution in [2.24, 2.45) is 0 Å². The number of benzene rings is 1. The van der Waals surface area contributed by atoms with Crippen LogP contribution >= 0.6 is 0 Å². The predicted molar refractivity (Wildman–Crippen MR) is 86.5 cm³/mol. The summed E-state index contributed by atoms with van der Waals surface area (Å²) in [6, 6.07) is 13.4. The maximum absolute atomic E-state index is 12.1. The third-order valence-corrected chi connectivity index (χ3v) is 3.47. The van der Waals surface area contributed by atoms with Gasteiger partial charge in [0.15, 0.2) is 0 Å². The Morgan fingerprint density at radius 3 is 2.61 bits per heavy atom. The molecule has 0 aliphatic heterocycles. The fourth-order valence-electron chi connectivity index (χ4n) is 2.21. The van der Waals surface area contributed by atoms with Crippen molar-refractivity contribution in [3.05, 3.63) is 71.9 Å². The van der Waals surface area contributed by atoms with E-state index in [1.807, 2.05) is 49.4 Å². The van der Waals surface area contributed by atoms with Crippen molar-refractivity contribution in [2.45, 2.75) is 19.9 Å². The van der Waals surface area contributed by atoms with Crippen LogP contribution in [0.4, 0.5) is 0 Å². The number of aryl methyl sites for hydroxylation is 1. The minimum Gasteiger partial charge on any atom is -0.440 e. The lowest BCUT2D eigenvalue weighted by Gasteiger charge is -2.04. The van der Waals surface area contributed by atoms with Gasteiger partial charge in [0.05, 0.1) is 12.1 Å². The van der Waals surface area contributed by atoms with Crippen molar-refractivity contribution in [1.82, 2.24) is 15.3 Å². The number of nitrogens with one attached hydrogen (secondary N) is 1. The van der Waals surface area contributed by atoms with Gasteiger partial charge in [-0.2, -0.15) is 0 Å². The summed E-state index contributed by atoms with van der Waals surface area (Å²) in [4.78, 5) is 20.4. The first kappa shape index (κ1) is 15.0. The second kappa shape index (κ2) is 6.87. The molecule has 2 aromatic heterocycles. The molecule has 1 amide bonds. The predicted octanol–water partition coefficient (Wildman–Crippen LogP) is 2.90. The number of hydrogen-bond acceptors (Lipinski definition) is 4. The number of carbonyl (C=O) groups excluding carboxylic acids is 1. The molecule has 0 saturated carbocycles. The Morgan fingerprint density at radius 1 is 1.13 bits per heavy atom. The second-order valence-corrected chi connectivity index (χ2v) is 5.20. The van der Waals surface area contributed by atoms with Gasteiger partial charge in [0.1, 0.15) is 5.76 Å². The third kappa shape index (κ3) is 3.83. The molecule has 3 aromatic rings. The van der Waals surface area contributed by atoms with Crippen molar-refractivity contribution >= 4 is 5.91 Å². The van der Waals surface area contributed by atoms with Gasteiger partial charge in [-0.1, -0.05) is 18.2 Å². The van der Waals surface area contributed by atoms with Gasteiger partial charge >= 0.3 is 0 Å². The number of carbonyl (C=O) groups is 1. The molecule has 5 nitrogen and oxygen atoms in total. The molecule has 1 N–H and O–H groups in total. The van der Waals surface area contributed by atoms with E-state index in [9.17, 15) is 4.79 Å². The lowest BCUT2D eigenvalue weighted by molar-refractivity contribution is -0.120. The molecule has 2 heterocycles. The van der Waals surface area contributed by atoms with Crippen LogP contribution in [-0.2, 0) is 17.8 Å². The smallest absolute Gasteiger partial charge is 0.227 e. The van der Waals surface area contributed by atoms with E-state index in [1.54, 1.807) is 12.4 Å². The van der Waals surface area contributed by atoms with Crippen molar-refractivity contribution in [3.8, 4) is 11.5 Å². The second-order valence-electron chi connectivity index (χ2n) is 5.20. The van der Waals surface area contributed by atoms with Crippen LogP contribution in [0.15, 0.2) is 59.3 Å². The highest BCUT2D eigenvalue weighted by Crippen LogP contribution is 2.21. The lowest BCUT2D eigenvalue weighted by Crippen LogP contribution is -2.24. The van der Waals surface area contributed by atoms with E-state index in [1.165, 1.54) is 0 Å². The molecule has 23 heavy (non-hydrogen) atoms. The summed E-state index contributed by atoms with van der Waals surface area (Å²) in [5.41, 5.74) is 2.65. The molecular weight excluding hydrogens is 290 g/mol. The highest BCUT2D eigenvalue weighted by Gasteiger charge is 2.14. The van der Waals surface area contributed by atoms with Crippen molar-refractivity contribution in [1.29, 1.82) is 0 Å². The Hall–Kier alpha value is -2.95. The molecule has 0 bridgehead atoms. The van der Waals surface area contributed by atoms with Crippen LogP contribution in [0.1, 0.15) is 17.0 Å². The fourth-order valence-corrected chi connectivity index (χ4v) is 2.21. The van der Waals surface area contributed by atoms with E-state index in [0.717, 1.165) is 16.8 Å². The lowest BCUT2D eigenvalue weighted by atomic mass is 10.2. The van der Waals surface area contributed by atoms with Gasteiger partial charge < -0.3 is 9.73 Å². The summed E-state index contributed by atoms with van der Waals surface area (Å²) in [7, 11) is 0. The largest absolute Gasteiger partial charge is 0.440 e. The minimum absolute atomic E-state index is 0.0966. The molecule has 0 atom stereocenters. The Balaban J connectivity index is 1.64. The van der Waals surface area contributed by atoms with Gasteiger partial charge in [-0.15, -0.1) is 0 Å². The van der Waals surface area contributed by atoms with Gasteiger partial charge in [0.25, 0.3) is 0 Å². The standard InChI is InChI=1S/C18H17N3O2/c1-13-16(23-18(21-13)15-5-3-2-4-6-15)11-17(22)20-12-14-7-9-19-10-8-14/h2-10H,11-12H2,1H3,(H,20,22). The molecule has 0 saturated heterocycles. The molecule has 0 spiro atoms. The molecule has 116 valence electrons. The van der Waals surface area contributed by atoms with E-state index < -0.39 is 0 Å². The Kier molecular flexibility index (Phi) is 4.47. The number of pyridine rings is 1. The van der Waals surface area contributed by atoms with Gasteiger partial charge in [-0.25, -0.2) is 4.98 Å². The monoisotopic (exact) mass is 307 g/mol. The van der Waals surface area contributed by atoms with Gasteiger partial charge in [0, 0.05) is 24.5 Å². The first-order valence-corrected chi connectivity index (χ1v) is 7.39. The average molecular weight is 307 g/mol. The SMILES string of the molecule is Cc1nc(-c2ccccc2)oc1CC(=O)NCc1ccncc1. The maximum atomic E-state index is 12.1. The Labute approximate surface area is 134 Å². The topological polar surface area (TPSA) is 68.0 Å². The number of amides is 1. The molecule has 1 aromatic carbocycles. The zero-order valence-electron chi connectivity index (χ0n) is 12.8. The average Bonchev–Trinajstić information content (AvgIpc) is 2.95. The summed E-state index contributed by atoms with van der Waals surface area (Å²) in [6.45, 7) is 2.32. The van der Waals surface area contributed by atoms with E-state index in [2.05, 4.69) is 15.3 Å². The number of oxazole rings is 1. The number of nitrogens with zero attached hydrogens (tertiary/aromatic N) is 2. The van der Waals surface area contributed by atoms with Crippen LogP contribution in [0.25, 0.3) is 11.5 Å². The van der Waals surface area contributed by atoms with E-state index in [-0.39, 0.29) is 12.3 Å². The maximum Gasteiger partial charge on any atom is 0.227 e. The van der Waals surface area contributed by atoms with E-state index in [4.69, 9.17) is 4.42 Å². The molecule has 3 rings (SSSR count). The third-order valence-electron chi connectivity index (χ3n) is 3.47. The first-order valence-electron chi connectivity index (χ1n) is 7.39. The highest BCUT2D eigenvalue weighted by atomic mass is 16.4. The number of rotatable bonds is 5. The molecule has 0 aliphatic rings.